The van der Waals surface area contributed by atoms with Crippen molar-refractivity contribution >= 4 is 17.6 Å². The van der Waals surface area contributed by atoms with Crippen molar-refractivity contribution in [3.05, 3.63) is 52.7 Å². The van der Waals surface area contributed by atoms with E-state index in [0.29, 0.717) is 35.9 Å². The lowest BCUT2D eigenvalue weighted by atomic mass is 10.0. The summed E-state index contributed by atoms with van der Waals surface area (Å²) in [5, 5.41) is 12.0. The Morgan fingerprint density at radius 2 is 2.08 bits per heavy atom. The average molecular weight is 356 g/mol. The minimum atomic E-state index is -1.03. The highest BCUT2D eigenvalue weighted by molar-refractivity contribution is 6.05. The van der Waals surface area contributed by atoms with Crippen LogP contribution in [0.4, 0.5) is 5.69 Å². The molecule has 1 amide bonds. The number of carboxylic acids is 1. The van der Waals surface area contributed by atoms with E-state index >= 15 is 0 Å². The van der Waals surface area contributed by atoms with Crippen LogP contribution in [-0.2, 0) is 4.74 Å². The van der Waals surface area contributed by atoms with Crippen LogP contribution < -0.4 is 10.1 Å². The standard InChI is InChI=1S/C19H20N2O5/c1-11-7-12(2)16(9-15(11)19(23)24)21-18(22)13-3-5-20-17(8-13)26-14-4-6-25-10-14/h3,5,7-9,14H,4,6,10H2,1-2H3,(H,21,22)(H,23,24). The van der Waals surface area contributed by atoms with E-state index in [9.17, 15) is 14.7 Å². The van der Waals surface area contributed by atoms with Gasteiger partial charge < -0.3 is 19.9 Å². The normalized spacial score (nSPS) is 16.3. The number of nitrogens with one attached hydrogen (secondary N) is 1. The van der Waals surface area contributed by atoms with Crippen molar-refractivity contribution in [2.24, 2.45) is 0 Å². The highest BCUT2D eigenvalue weighted by atomic mass is 16.5. The fourth-order valence-electron chi connectivity index (χ4n) is 2.80. The number of aryl methyl sites for hydroxylation is 2. The molecular weight excluding hydrogens is 336 g/mol. The second-order valence-electron chi connectivity index (χ2n) is 6.23. The average Bonchev–Trinajstić information content (AvgIpc) is 3.10. The van der Waals surface area contributed by atoms with Crippen molar-refractivity contribution in [1.29, 1.82) is 0 Å². The molecule has 1 aliphatic heterocycles. The smallest absolute Gasteiger partial charge is 0.336 e. The lowest BCUT2D eigenvalue weighted by Gasteiger charge is -2.13. The van der Waals surface area contributed by atoms with Gasteiger partial charge in [0.2, 0.25) is 5.88 Å². The van der Waals surface area contributed by atoms with Crippen LogP contribution in [0.2, 0.25) is 0 Å². The summed E-state index contributed by atoms with van der Waals surface area (Å²) in [5.41, 5.74) is 2.43. The third-order valence-corrected chi connectivity index (χ3v) is 4.22. The molecule has 7 heteroatoms. The Kier molecular flexibility index (Phi) is 5.18. The van der Waals surface area contributed by atoms with Gasteiger partial charge in [-0.25, -0.2) is 9.78 Å². The van der Waals surface area contributed by atoms with E-state index in [1.54, 1.807) is 25.1 Å². The third kappa shape index (κ3) is 4.00. The van der Waals surface area contributed by atoms with Crippen LogP contribution in [-0.4, -0.2) is 41.3 Å². The number of ether oxygens (including phenoxy) is 2. The molecule has 1 aliphatic rings. The molecule has 2 N–H and O–H groups in total. The summed E-state index contributed by atoms with van der Waals surface area (Å²) in [6.45, 7) is 4.71. The van der Waals surface area contributed by atoms with Crippen molar-refractivity contribution in [3.63, 3.8) is 0 Å². The molecule has 1 unspecified atom stereocenters. The summed E-state index contributed by atoms with van der Waals surface area (Å²) < 4.78 is 11.0. The number of hydrogen-bond donors (Lipinski definition) is 2. The van der Waals surface area contributed by atoms with Gasteiger partial charge in [0.1, 0.15) is 6.10 Å². The molecule has 0 bridgehead atoms. The summed E-state index contributed by atoms with van der Waals surface area (Å²) in [7, 11) is 0. The molecule has 0 spiro atoms. The molecule has 0 saturated carbocycles. The maximum absolute atomic E-state index is 12.6. The number of amides is 1. The molecule has 0 aliphatic carbocycles. The number of rotatable bonds is 5. The minimum absolute atomic E-state index is 0.0571. The van der Waals surface area contributed by atoms with Gasteiger partial charge in [-0.3, -0.25) is 4.79 Å². The molecule has 7 nitrogen and oxygen atoms in total. The van der Waals surface area contributed by atoms with Crippen LogP contribution in [0.15, 0.2) is 30.5 Å². The fourth-order valence-corrected chi connectivity index (χ4v) is 2.80. The highest BCUT2D eigenvalue weighted by Gasteiger charge is 2.19. The third-order valence-electron chi connectivity index (χ3n) is 4.22. The number of nitrogens with zero attached hydrogens (tertiary/aromatic N) is 1. The number of carbonyl (C=O) groups excluding carboxylic acids is 1. The van der Waals surface area contributed by atoms with Crippen LogP contribution in [0.3, 0.4) is 0 Å². The van der Waals surface area contributed by atoms with Crippen LogP contribution in [0, 0.1) is 13.8 Å². The summed E-state index contributed by atoms with van der Waals surface area (Å²) in [4.78, 5) is 28.0. The topological polar surface area (TPSA) is 97.8 Å². The Hall–Kier alpha value is -2.93. The fraction of sp³-hybridized carbons (Fsp3) is 0.316. The number of carboxylic acid groups (broad SMARTS) is 1. The maximum Gasteiger partial charge on any atom is 0.336 e. The van der Waals surface area contributed by atoms with Gasteiger partial charge >= 0.3 is 5.97 Å². The number of aromatic carboxylic acids is 1. The predicted octanol–water partition coefficient (Wildman–Crippen LogP) is 2.82. The first-order chi connectivity index (χ1) is 12.4. The molecular formula is C19H20N2O5. The quantitative estimate of drug-likeness (QED) is 0.855. The minimum Gasteiger partial charge on any atom is -0.478 e. The van der Waals surface area contributed by atoms with Crippen LogP contribution in [0.1, 0.15) is 38.3 Å². The Morgan fingerprint density at radius 3 is 2.77 bits per heavy atom. The molecule has 3 rings (SSSR count). The van der Waals surface area contributed by atoms with Crippen molar-refractivity contribution in [2.45, 2.75) is 26.4 Å². The first-order valence-electron chi connectivity index (χ1n) is 8.30. The number of anilines is 1. The van der Waals surface area contributed by atoms with Gasteiger partial charge in [0, 0.05) is 29.9 Å². The van der Waals surface area contributed by atoms with Gasteiger partial charge in [-0.15, -0.1) is 0 Å². The van der Waals surface area contributed by atoms with Gasteiger partial charge in [0.25, 0.3) is 5.91 Å². The summed E-state index contributed by atoms with van der Waals surface area (Å²) in [6.07, 6.45) is 2.24. The number of aromatic nitrogens is 1. The molecule has 1 aromatic carbocycles. The van der Waals surface area contributed by atoms with Crippen LogP contribution in [0.25, 0.3) is 0 Å². The lowest BCUT2D eigenvalue weighted by Crippen LogP contribution is -2.18. The molecule has 1 aromatic heterocycles. The maximum atomic E-state index is 12.6. The number of hydrogen-bond acceptors (Lipinski definition) is 5. The van der Waals surface area contributed by atoms with Gasteiger partial charge in [-0.2, -0.15) is 0 Å². The zero-order valence-electron chi connectivity index (χ0n) is 14.6. The second-order valence-corrected chi connectivity index (χ2v) is 6.23. The van der Waals surface area contributed by atoms with E-state index in [1.165, 1.54) is 12.3 Å². The largest absolute Gasteiger partial charge is 0.478 e. The second kappa shape index (κ2) is 7.53. The predicted molar refractivity (Wildman–Crippen MR) is 94.9 cm³/mol. The van der Waals surface area contributed by atoms with Crippen molar-refractivity contribution in [3.8, 4) is 5.88 Å². The van der Waals surface area contributed by atoms with Crippen molar-refractivity contribution in [2.75, 3.05) is 18.5 Å². The zero-order chi connectivity index (χ0) is 18.7. The Morgan fingerprint density at radius 1 is 1.27 bits per heavy atom. The van der Waals surface area contributed by atoms with E-state index in [0.717, 1.165) is 12.0 Å². The van der Waals surface area contributed by atoms with Crippen LogP contribution in [0.5, 0.6) is 5.88 Å². The first kappa shape index (κ1) is 17.9. The summed E-state index contributed by atoms with van der Waals surface area (Å²) in [5.74, 6) is -1.03. The van der Waals surface area contributed by atoms with E-state index in [-0.39, 0.29) is 17.6 Å². The lowest BCUT2D eigenvalue weighted by molar-refractivity contribution is 0.0695. The number of pyridine rings is 1. The van der Waals surface area contributed by atoms with Gasteiger partial charge in [-0.1, -0.05) is 6.07 Å². The monoisotopic (exact) mass is 356 g/mol. The van der Waals surface area contributed by atoms with E-state index in [1.807, 2.05) is 6.92 Å². The molecule has 136 valence electrons. The van der Waals surface area contributed by atoms with Gasteiger partial charge in [-0.05, 0) is 37.1 Å². The number of benzene rings is 1. The Bertz CT molecular complexity index is 844. The van der Waals surface area contributed by atoms with E-state index < -0.39 is 5.97 Å². The van der Waals surface area contributed by atoms with Crippen molar-refractivity contribution < 1.29 is 24.2 Å². The first-order valence-corrected chi connectivity index (χ1v) is 8.30. The SMILES string of the molecule is Cc1cc(C)c(C(=O)O)cc1NC(=O)c1ccnc(OC2CCOC2)c1. The van der Waals surface area contributed by atoms with Gasteiger partial charge in [0.15, 0.2) is 0 Å². The zero-order valence-corrected chi connectivity index (χ0v) is 14.6. The molecule has 2 aromatic rings. The molecule has 1 atom stereocenters. The summed E-state index contributed by atoms with van der Waals surface area (Å²) in [6, 6.07) is 6.35. The summed E-state index contributed by atoms with van der Waals surface area (Å²) >= 11 is 0. The van der Waals surface area contributed by atoms with Crippen molar-refractivity contribution in [1.82, 2.24) is 4.98 Å². The molecule has 1 fully saturated rings. The molecule has 2 heterocycles. The number of carbonyl (C=O) groups is 2. The molecule has 26 heavy (non-hydrogen) atoms. The Balaban J connectivity index is 1.77. The van der Waals surface area contributed by atoms with Crippen LogP contribution >= 0.6 is 0 Å². The molecule has 0 radical (unpaired) electrons. The van der Waals surface area contributed by atoms with E-state index in [2.05, 4.69) is 10.3 Å². The molecule has 1 saturated heterocycles. The van der Waals surface area contributed by atoms with Gasteiger partial charge in [0.05, 0.1) is 18.8 Å². The van der Waals surface area contributed by atoms with E-state index in [4.69, 9.17) is 9.47 Å². The Labute approximate surface area is 151 Å². The highest BCUT2D eigenvalue weighted by Crippen LogP contribution is 2.22.